The van der Waals surface area contributed by atoms with Crippen molar-refractivity contribution in [3.05, 3.63) is 29.3 Å². The number of aromatic nitrogens is 1. The second kappa shape index (κ2) is 7.81. The average molecular weight is 366 g/mol. The second-order valence-electron chi connectivity index (χ2n) is 6.85. The molecule has 0 saturated carbocycles. The maximum atomic E-state index is 12.2. The van der Waals surface area contributed by atoms with Gasteiger partial charge in [-0.2, -0.15) is 0 Å². The summed E-state index contributed by atoms with van der Waals surface area (Å²) in [4.78, 5) is 16.8. The van der Waals surface area contributed by atoms with E-state index < -0.39 is 0 Å². The number of rotatable bonds is 5. The van der Waals surface area contributed by atoms with Crippen LogP contribution in [-0.4, -0.2) is 29.5 Å². The Labute approximate surface area is 152 Å². The third-order valence-corrected chi connectivity index (χ3v) is 6.14. The lowest BCUT2D eigenvalue weighted by molar-refractivity contribution is -0.122. The number of hydrogen-bond acceptors (Lipinski definition) is 4. The van der Waals surface area contributed by atoms with E-state index in [0.717, 1.165) is 16.9 Å². The molecule has 4 rings (SSSR count). The predicted molar refractivity (Wildman–Crippen MR) is 101 cm³/mol. The van der Waals surface area contributed by atoms with E-state index in [1.54, 1.807) is 11.3 Å². The van der Waals surface area contributed by atoms with E-state index in [1.807, 2.05) is 18.2 Å². The zero-order chi connectivity index (χ0) is 15.6. The number of fused-ring (bicyclic) bond motifs is 3. The zero-order valence-electron chi connectivity index (χ0n) is 13.7. The minimum atomic E-state index is 0. The Morgan fingerprint density at radius 3 is 2.75 bits per heavy atom. The molecule has 2 fully saturated rings. The van der Waals surface area contributed by atoms with Gasteiger partial charge in [0, 0.05) is 31.5 Å². The van der Waals surface area contributed by atoms with Gasteiger partial charge in [0.2, 0.25) is 5.91 Å². The number of nitrogens with one attached hydrogen (secondary N) is 2. The van der Waals surface area contributed by atoms with Gasteiger partial charge in [-0.3, -0.25) is 4.79 Å². The van der Waals surface area contributed by atoms with E-state index in [1.165, 1.54) is 30.4 Å². The first-order valence-electron chi connectivity index (χ1n) is 8.63. The fraction of sp³-hybridized carbons (Fsp3) is 0.556. The number of thiazole rings is 1. The Balaban J connectivity index is 0.00000169. The van der Waals surface area contributed by atoms with Crippen LogP contribution in [0.1, 0.15) is 37.1 Å². The summed E-state index contributed by atoms with van der Waals surface area (Å²) in [5.74, 6) is 0.772. The van der Waals surface area contributed by atoms with Gasteiger partial charge in [0.05, 0.1) is 15.2 Å². The Morgan fingerprint density at radius 2 is 2.00 bits per heavy atom. The fourth-order valence-corrected chi connectivity index (χ4v) is 4.98. The van der Waals surface area contributed by atoms with Crippen LogP contribution < -0.4 is 10.6 Å². The highest BCUT2D eigenvalue weighted by Gasteiger charge is 2.34. The summed E-state index contributed by atoms with van der Waals surface area (Å²) in [7, 11) is 0. The molecule has 2 aliphatic heterocycles. The van der Waals surface area contributed by atoms with Crippen LogP contribution in [0.4, 0.5) is 0 Å². The summed E-state index contributed by atoms with van der Waals surface area (Å²) < 4.78 is 1.22. The van der Waals surface area contributed by atoms with E-state index in [-0.39, 0.29) is 18.3 Å². The highest BCUT2D eigenvalue weighted by Crippen LogP contribution is 2.32. The van der Waals surface area contributed by atoms with Crippen molar-refractivity contribution >= 4 is 39.9 Å². The lowest BCUT2D eigenvalue weighted by Crippen LogP contribution is -2.39. The molecular formula is C18H24ClN3OS. The molecule has 130 valence electrons. The van der Waals surface area contributed by atoms with Gasteiger partial charge in [-0.25, -0.2) is 4.98 Å². The van der Waals surface area contributed by atoms with Crippen molar-refractivity contribution in [2.75, 3.05) is 6.54 Å². The van der Waals surface area contributed by atoms with Gasteiger partial charge >= 0.3 is 0 Å². The molecule has 3 heterocycles. The number of amides is 1. The Bertz CT molecular complexity index is 659. The van der Waals surface area contributed by atoms with Crippen LogP contribution >= 0.6 is 23.7 Å². The van der Waals surface area contributed by atoms with Crippen LogP contribution in [0.25, 0.3) is 10.2 Å². The van der Waals surface area contributed by atoms with Crippen molar-refractivity contribution in [2.45, 2.75) is 50.6 Å². The molecule has 1 aromatic carbocycles. The third-order valence-electron chi connectivity index (χ3n) is 5.04. The summed E-state index contributed by atoms with van der Waals surface area (Å²) in [6.07, 6.45) is 6.43. The van der Waals surface area contributed by atoms with E-state index in [4.69, 9.17) is 0 Å². The summed E-state index contributed by atoms with van der Waals surface area (Å²) in [5, 5.41) is 7.82. The first-order valence-corrected chi connectivity index (χ1v) is 9.45. The van der Waals surface area contributed by atoms with Crippen molar-refractivity contribution in [1.82, 2.24) is 15.6 Å². The van der Waals surface area contributed by atoms with Gasteiger partial charge in [0.15, 0.2) is 0 Å². The van der Waals surface area contributed by atoms with E-state index in [2.05, 4.69) is 21.7 Å². The quantitative estimate of drug-likeness (QED) is 0.854. The Kier molecular flexibility index (Phi) is 5.74. The third kappa shape index (κ3) is 4.08. The molecule has 2 bridgehead atoms. The normalized spacial score (nSPS) is 25.4. The van der Waals surface area contributed by atoms with Crippen molar-refractivity contribution < 1.29 is 4.79 Å². The maximum Gasteiger partial charge on any atom is 0.220 e. The average Bonchev–Trinajstić information content (AvgIpc) is 3.09. The first-order chi connectivity index (χ1) is 11.3. The van der Waals surface area contributed by atoms with Gasteiger partial charge in [0.1, 0.15) is 0 Å². The zero-order valence-corrected chi connectivity index (χ0v) is 15.3. The molecule has 24 heavy (non-hydrogen) atoms. The molecule has 2 unspecified atom stereocenters. The summed E-state index contributed by atoms with van der Waals surface area (Å²) in [5.41, 5.74) is 1.06. The van der Waals surface area contributed by atoms with Crippen molar-refractivity contribution in [2.24, 2.45) is 5.92 Å². The first kappa shape index (κ1) is 17.6. The SMILES string of the molecule is Cl.O=C(CC1CC2CCC(C1)N2)NCCc1nc2ccccc2s1. The van der Waals surface area contributed by atoms with Crippen LogP contribution in [0.2, 0.25) is 0 Å². The number of hydrogen-bond donors (Lipinski definition) is 2. The van der Waals surface area contributed by atoms with Gasteiger partial charge in [-0.1, -0.05) is 12.1 Å². The number of carbonyl (C=O) groups excluding carboxylic acids is 1. The maximum absolute atomic E-state index is 12.2. The Morgan fingerprint density at radius 1 is 1.25 bits per heavy atom. The van der Waals surface area contributed by atoms with Crippen LogP contribution in [0.15, 0.2) is 24.3 Å². The molecule has 0 spiro atoms. The standard InChI is InChI=1S/C18H23N3OS.ClH/c22-17(11-12-9-13-5-6-14(10-12)20-13)19-8-7-18-21-15-3-1-2-4-16(15)23-18;/h1-4,12-14,20H,5-11H2,(H,19,22);1H. The van der Waals surface area contributed by atoms with E-state index in [0.29, 0.717) is 31.0 Å². The molecule has 1 amide bonds. The number of benzene rings is 1. The molecule has 2 aromatic rings. The molecule has 0 aliphatic carbocycles. The van der Waals surface area contributed by atoms with Gasteiger partial charge in [0.25, 0.3) is 0 Å². The lowest BCUT2D eigenvalue weighted by Gasteiger charge is -2.28. The molecule has 2 saturated heterocycles. The van der Waals surface area contributed by atoms with Crippen LogP contribution in [0.3, 0.4) is 0 Å². The van der Waals surface area contributed by atoms with E-state index in [9.17, 15) is 4.79 Å². The summed E-state index contributed by atoms with van der Waals surface area (Å²) in [6.45, 7) is 0.691. The van der Waals surface area contributed by atoms with Crippen LogP contribution in [0, 0.1) is 5.92 Å². The van der Waals surface area contributed by atoms with Gasteiger partial charge in [-0.05, 0) is 43.7 Å². The summed E-state index contributed by atoms with van der Waals surface area (Å²) in [6, 6.07) is 9.52. The second-order valence-corrected chi connectivity index (χ2v) is 7.97. The highest BCUT2D eigenvalue weighted by atomic mass is 35.5. The van der Waals surface area contributed by atoms with Crippen molar-refractivity contribution in [1.29, 1.82) is 0 Å². The largest absolute Gasteiger partial charge is 0.356 e. The van der Waals surface area contributed by atoms with Crippen LogP contribution in [0.5, 0.6) is 0 Å². The van der Waals surface area contributed by atoms with Crippen molar-refractivity contribution in [3.8, 4) is 0 Å². The van der Waals surface area contributed by atoms with E-state index >= 15 is 0 Å². The predicted octanol–water partition coefficient (Wildman–Crippen LogP) is 3.30. The number of carbonyl (C=O) groups is 1. The molecule has 2 aliphatic rings. The van der Waals surface area contributed by atoms with Crippen molar-refractivity contribution in [3.63, 3.8) is 0 Å². The number of halogens is 1. The smallest absolute Gasteiger partial charge is 0.220 e. The molecular weight excluding hydrogens is 342 g/mol. The molecule has 0 radical (unpaired) electrons. The monoisotopic (exact) mass is 365 g/mol. The minimum absolute atomic E-state index is 0. The highest BCUT2D eigenvalue weighted by molar-refractivity contribution is 7.18. The molecule has 4 nitrogen and oxygen atoms in total. The molecule has 2 atom stereocenters. The molecule has 2 N–H and O–H groups in total. The fourth-order valence-electron chi connectivity index (χ4n) is 4.01. The lowest BCUT2D eigenvalue weighted by atomic mass is 9.89. The van der Waals surface area contributed by atoms with Gasteiger partial charge < -0.3 is 10.6 Å². The van der Waals surface area contributed by atoms with Crippen LogP contribution in [-0.2, 0) is 11.2 Å². The number of para-hydroxylation sites is 1. The minimum Gasteiger partial charge on any atom is -0.356 e. The number of nitrogens with zero attached hydrogens (tertiary/aromatic N) is 1. The topological polar surface area (TPSA) is 54.0 Å². The molecule has 6 heteroatoms. The Hall–Kier alpha value is -1.17. The number of piperidine rings is 1. The molecule has 1 aromatic heterocycles. The summed E-state index contributed by atoms with van der Waals surface area (Å²) >= 11 is 1.72. The van der Waals surface area contributed by atoms with Gasteiger partial charge in [-0.15, -0.1) is 23.7 Å².